The number of esters is 1. The summed E-state index contributed by atoms with van der Waals surface area (Å²) in [6.45, 7) is 0.497. The Morgan fingerprint density at radius 2 is 2.20 bits per heavy atom. The second-order valence-electron chi connectivity index (χ2n) is 1.90. The molecule has 0 spiro atoms. The van der Waals surface area contributed by atoms with Gasteiger partial charge in [0, 0.05) is 6.42 Å². The predicted molar refractivity (Wildman–Crippen MR) is 36.0 cm³/mol. The summed E-state index contributed by atoms with van der Waals surface area (Å²) < 4.78 is 4.42. The number of carbonyl (C=O) groups excluding carboxylic acids is 1. The monoisotopic (exact) mass is 147 g/mol. The number of carbonyl (C=O) groups is 1. The number of nitrogens with two attached hydrogens (primary N) is 1. The van der Waals surface area contributed by atoms with E-state index in [0.29, 0.717) is 13.0 Å². The molecule has 4 heteroatoms. The summed E-state index contributed by atoms with van der Waals surface area (Å²) in [6, 6.07) is 0. The molecule has 0 atom stereocenters. The summed E-state index contributed by atoms with van der Waals surface area (Å²) in [6.07, 6.45) is 2.01. The van der Waals surface area contributed by atoms with Crippen molar-refractivity contribution in [3.8, 4) is 0 Å². The topological polar surface area (TPSA) is 61.5 Å². The molecule has 60 valence electrons. The molecule has 0 aromatic rings. The van der Waals surface area contributed by atoms with Gasteiger partial charge in [-0.05, 0) is 12.8 Å². The van der Waals surface area contributed by atoms with Crippen molar-refractivity contribution in [2.24, 2.45) is 5.90 Å². The van der Waals surface area contributed by atoms with E-state index in [1.165, 1.54) is 7.11 Å². The van der Waals surface area contributed by atoms with Crippen LogP contribution in [0.25, 0.3) is 0 Å². The van der Waals surface area contributed by atoms with Gasteiger partial charge in [-0.1, -0.05) is 0 Å². The van der Waals surface area contributed by atoms with Gasteiger partial charge < -0.3 is 9.57 Å². The Morgan fingerprint density at radius 1 is 1.50 bits per heavy atom. The first kappa shape index (κ1) is 9.39. The summed E-state index contributed by atoms with van der Waals surface area (Å²) in [4.78, 5) is 14.8. The van der Waals surface area contributed by atoms with Crippen LogP contribution in [0.15, 0.2) is 0 Å². The molecule has 0 saturated heterocycles. The molecule has 0 unspecified atom stereocenters. The summed E-state index contributed by atoms with van der Waals surface area (Å²) in [5.41, 5.74) is 0. The Morgan fingerprint density at radius 3 is 2.70 bits per heavy atom. The summed E-state index contributed by atoms with van der Waals surface area (Å²) in [5.74, 6) is 4.58. The minimum Gasteiger partial charge on any atom is -0.469 e. The highest BCUT2D eigenvalue weighted by molar-refractivity contribution is 5.68. The Labute approximate surface area is 60.2 Å². The average Bonchev–Trinajstić information content (AvgIpc) is 1.98. The third-order valence-electron chi connectivity index (χ3n) is 1.12. The fourth-order valence-electron chi connectivity index (χ4n) is 0.557. The lowest BCUT2D eigenvalue weighted by molar-refractivity contribution is -0.140. The fourth-order valence-corrected chi connectivity index (χ4v) is 0.557. The second-order valence-corrected chi connectivity index (χ2v) is 1.90. The molecule has 0 rings (SSSR count). The number of hydrogen-bond donors (Lipinski definition) is 1. The Bertz CT molecular complexity index is 95.0. The molecular formula is C6H13NO3. The van der Waals surface area contributed by atoms with Gasteiger partial charge in [0.15, 0.2) is 0 Å². The first-order valence-electron chi connectivity index (χ1n) is 3.19. The van der Waals surface area contributed by atoms with Crippen LogP contribution in [0.5, 0.6) is 0 Å². The fraction of sp³-hybridized carbons (Fsp3) is 0.833. The highest BCUT2D eigenvalue weighted by Crippen LogP contribution is 1.95. The zero-order valence-electron chi connectivity index (χ0n) is 6.13. The van der Waals surface area contributed by atoms with Crippen molar-refractivity contribution in [2.45, 2.75) is 19.3 Å². The molecule has 0 aromatic carbocycles. The third-order valence-corrected chi connectivity index (χ3v) is 1.12. The first-order chi connectivity index (χ1) is 4.81. The van der Waals surface area contributed by atoms with Crippen molar-refractivity contribution in [2.75, 3.05) is 13.7 Å². The van der Waals surface area contributed by atoms with E-state index in [4.69, 9.17) is 5.90 Å². The first-order valence-corrected chi connectivity index (χ1v) is 3.19. The van der Waals surface area contributed by atoms with E-state index in [2.05, 4.69) is 9.57 Å². The van der Waals surface area contributed by atoms with Crippen LogP contribution in [0.2, 0.25) is 0 Å². The van der Waals surface area contributed by atoms with Gasteiger partial charge in [0.05, 0.1) is 13.7 Å². The molecule has 0 aliphatic rings. The van der Waals surface area contributed by atoms with Crippen LogP contribution in [-0.2, 0) is 14.4 Å². The number of methoxy groups -OCH3 is 1. The molecule has 2 N–H and O–H groups in total. The zero-order valence-corrected chi connectivity index (χ0v) is 6.13. The maximum Gasteiger partial charge on any atom is 0.305 e. The van der Waals surface area contributed by atoms with Gasteiger partial charge in [0.1, 0.15) is 0 Å². The standard InChI is InChI=1S/C6H13NO3/c1-9-6(8)4-2-3-5-10-7/h2-5,7H2,1H3. The number of ether oxygens (including phenoxy) is 1. The molecule has 4 nitrogen and oxygen atoms in total. The van der Waals surface area contributed by atoms with Gasteiger partial charge in [0.25, 0.3) is 0 Å². The van der Waals surface area contributed by atoms with Crippen LogP contribution in [0.4, 0.5) is 0 Å². The van der Waals surface area contributed by atoms with Gasteiger partial charge >= 0.3 is 5.97 Å². The van der Waals surface area contributed by atoms with Gasteiger partial charge in [-0.2, -0.15) is 0 Å². The maximum atomic E-state index is 10.5. The minimum atomic E-state index is -0.183. The molecule has 0 saturated carbocycles. The van der Waals surface area contributed by atoms with Crippen LogP contribution >= 0.6 is 0 Å². The summed E-state index contributed by atoms with van der Waals surface area (Å²) in [7, 11) is 1.38. The molecule has 0 aliphatic heterocycles. The second kappa shape index (κ2) is 6.51. The highest BCUT2D eigenvalue weighted by atomic mass is 16.6. The SMILES string of the molecule is COC(=O)CCCCON. The minimum absolute atomic E-state index is 0.183. The third kappa shape index (κ3) is 5.53. The number of unbranched alkanes of at least 4 members (excludes halogenated alkanes) is 1. The lowest BCUT2D eigenvalue weighted by Gasteiger charge is -1.97. The maximum absolute atomic E-state index is 10.5. The van der Waals surface area contributed by atoms with Gasteiger partial charge in [-0.25, -0.2) is 5.90 Å². The van der Waals surface area contributed by atoms with Crippen LogP contribution in [-0.4, -0.2) is 19.7 Å². The normalized spacial score (nSPS) is 9.40. The van der Waals surface area contributed by atoms with E-state index in [0.717, 1.165) is 12.8 Å². The van der Waals surface area contributed by atoms with Crippen molar-refractivity contribution in [3.63, 3.8) is 0 Å². The van der Waals surface area contributed by atoms with Crippen molar-refractivity contribution in [1.82, 2.24) is 0 Å². The molecule has 0 aliphatic carbocycles. The van der Waals surface area contributed by atoms with Crippen LogP contribution in [0.3, 0.4) is 0 Å². The number of hydrogen-bond acceptors (Lipinski definition) is 4. The Balaban J connectivity index is 2.96. The lowest BCUT2D eigenvalue weighted by Crippen LogP contribution is -2.03. The molecule has 0 aromatic heterocycles. The quantitative estimate of drug-likeness (QED) is 0.343. The Hall–Kier alpha value is -0.610. The summed E-state index contributed by atoms with van der Waals surface area (Å²) in [5, 5.41) is 0. The van der Waals surface area contributed by atoms with Crippen molar-refractivity contribution in [3.05, 3.63) is 0 Å². The molecular weight excluding hydrogens is 134 g/mol. The average molecular weight is 147 g/mol. The van der Waals surface area contributed by atoms with E-state index in [9.17, 15) is 4.79 Å². The molecule has 10 heavy (non-hydrogen) atoms. The van der Waals surface area contributed by atoms with E-state index >= 15 is 0 Å². The van der Waals surface area contributed by atoms with Gasteiger partial charge in [0.2, 0.25) is 0 Å². The summed E-state index contributed by atoms with van der Waals surface area (Å²) >= 11 is 0. The number of rotatable bonds is 5. The van der Waals surface area contributed by atoms with E-state index in [1.54, 1.807) is 0 Å². The predicted octanol–water partition coefficient (Wildman–Crippen LogP) is 0.220. The lowest BCUT2D eigenvalue weighted by atomic mass is 10.2. The smallest absolute Gasteiger partial charge is 0.305 e. The van der Waals surface area contributed by atoms with E-state index in [1.807, 2.05) is 0 Å². The molecule has 0 bridgehead atoms. The molecule has 0 radical (unpaired) electrons. The molecule has 0 amide bonds. The molecule has 0 fully saturated rings. The largest absolute Gasteiger partial charge is 0.469 e. The Kier molecular flexibility index (Phi) is 6.11. The van der Waals surface area contributed by atoms with E-state index in [-0.39, 0.29) is 5.97 Å². The zero-order chi connectivity index (χ0) is 7.82. The van der Waals surface area contributed by atoms with Gasteiger partial charge in [-0.15, -0.1) is 0 Å². The van der Waals surface area contributed by atoms with Crippen molar-refractivity contribution >= 4 is 5.97 Å². The van der Waals surface area contributed by atoms with Crippen LogP contribution in [0, 0.1) is 0 Å². The highest BCUT2D eigenvalue weighted by Gasteiger charge is 1.97. The molecule has 0 heterocycles. The van der Waals surface area contributed by atoms with Crippen LogP contribution < -0.4 is 5.90 Å². The van der Waals surface area contributed by atoms with E-state index < -0.39 is 0 Å². The van der Waals surface area contributed by atoms with Crippen molar-refractivity contribution in [1.29, 1.82) is 0 Å². The van der Waals surface area contributed by atoms with Gasteiger partial charge in [-0.3, -0.25) is 4.79 Å². The van der Waals surface area contributed by atoms with Crippen LogP contribution in [0.1, 0.15) is 19.3 Å². The van der Waals surface area contributed by atoms with Crippen molar-refractivity contribution < 1.29 is 14.4 Å².